The lowest BCUT2D eigenvalue weighted by molar-refractivity contribution is -0.132. The monoisotopic (exact) mass is 238 g/mol. The summed E-state index contributed by atoms with van der Waals surface area (Å²) in [7, 11) is 1.66. The number of methoxy groups -OCH3 is 1. The molecule has 1 aliphatic rings. The van der Waals surface area contributed by atoms with Crippen LogP contribution in [0.5, 0.6) is 0 Å². The van der Waals surface area contributed by atoms with Gasteiger partial charge in [0.25, 0.3) is 0 Å². The molecule has 0 heterocycles. The quantitative estimate of drug-likeness (QED) is 0.625. The van der Waals surface area contributed by atoms with Crippen molar-refractivity contribution in [3.05, 3.63) is 34.9 Å². The van der Waals surface area contributed by atoms with Crippen molar-refractivity contribution in [3.63, 3.8) is 0 Å². The minimum atomic E-state index is -1.10. The Morgan fingerprint density at radius 2 is 2.24 bits per heavy atom. The predicted octanol–water partition coefficient (Wildman–Crippen LogP) is 1.10. The number of hydrogen-bond donors (Lipinski definition) is 3. The highest BCUT2D eigenvalue weighted by atomic mass is 16.5. The van der Waals surface area contributed by atoms with E-state index in [2.05, 4.69) is 5.32 Å². The summed E-state index contributed by atoms with van der Waals surface area (Å²) in [4.78, 5) is 10.6. The zero-order valence-corrected chi connectivity index (χ0v) is 10.1. The summed E-state index contributed by atoms with van der Waals surface area (Å²) >= 11 is 0. The van der Waals surface area contributed by atoms with E-state index in [4.69, 9.17) is 15.6 Å². The van der Waals surface area contributed by atoms with Crippen LogP contribution in [0.2, 0.25) is 0 Å². The molecule has 0 saturated carbocycles. The van der Waals surface area contributed by atoms with E-state index < -0.39 is 5.97 Å². The van der Waals surface area contributed by atoms with Gasteiger partial charge in [-0.1, -0.05) is 11.6 Å². The van der Waals surface area contributed by atoms with Crippen LogP contribution in [-0.2, 0) is 9.53 Å². The molecule has 4 N–H and O–H groups in total. The van der Waals surface area contributed by atoms with Crippen LogP contribution in [0.25, 0.3) is 0 Å². The van der Waals surface area contributed by atoms with Crippen molar-refractivity contribution in [2.75, 3.05) is 13.7 Å². The Balaban J connectivity index is 2.53. The third-order valence-corrected chi connectivity index (χ3v) is 2.67. The van der Waals surface area contributed by atoms with Gasteiger partial charge in [-0.2, -0.15) is 0 Å². The van der Waals surface area contributed by atoms with E-state index in [1.165, 1.54) is 5.57 Å². The molecule has 1 rings (SSSR count). The number of carboxylic acids is 1. The van der Waals surface area contributed by atoms with Crippen molar-refractivity contribution in [2.45, 2.75) is 19.8 Å². The van der Waals surface area contributed by atoms with Gasteiger partial charge in [-0.25, -0.2) is 4.79 Å². The molecular weight excluding hydrogens is 220 g/mol. The highest BCUT2D eigenvalue weighted by Crippen LogP contribution is 2.18. The van der Waals surface area contributed by atoms with Crippen molar-refractivity contribution in [3.8, 4) is 0 Å². The van der Waals surface area contributed by atoms with Crippen molar-refractivity contribution >= 4 is 5.97 Å². The lowest BCUT2D eigenvalue weighted by Gasteiger charge is -2.15. The minimum Gasteiger partial charge on any atom is -0.501 e. The van der Waals surface area contributed by atoms with Crippen LogP contribution in [0.15, 0.2) is 34.9 Å². The third-order valence-electron chi connectivity index (χ3n) is 2.67. The lowest BCUT2D eigenvalue weighted by Crippen LogP contribution is -2.23. The van der Waals surface area contributed by atoms with Crippen LogP contribution >= 0.6 is 0 Å². The van der Waals surface area contributed by atoms with Gasteiger partial charge in [0.05, 0.1) is 12.9 Å². The molecule has 0 atom stereocenters. The topological polar surface area (TPSA) is 84.6 Å². The summed E-state index contributed by atoms with van der Waals surface area (Å²) in [6, 6.07) is 0. The maximum absolute atomic E-state index is 10.6. The predicted molar refractivity (Wildman–Crippen MR) is 64.9 cm³/mol. The molecule has 0 spiro atoms. The van der Waals surface area contributed by atoms with E-state index in [1.54, 1.807) is 14.0 Å². The number of carboxylic acid groups (broad SMARTS) is 1. The average Bonchev–Trinajstić information content (AvgIpc) is 2.35. The smallest absolute Gasteiger partial charge is 0.353 e. The van der Waals surface area contributed by atoms with E-state index in [0.29, 0.717) is 12.2 Å². The molecule has 0 radical (unpaired) electrons. The summed E-state index contributed by atoms with van der Waals surface area (Å²) in [5.74, 6) is -0.139. The zero-order valence-electron chi connectivity index (χ0n) is 10.1. The number of aliphatic carboxylic acids is 1. The second-order valence-corrected chi connectivity index (χ2v) is 3.86. The number of hydrogen-bond acceptors (Lipinski definition) is 4. The van der Waals surface area contributed by atoms with Gasteiger partial charge < -0.3 is 20.9 Å². The van der Waals surface area contributed by atoms with E-state index in [9.17, 15) is 4.79 Å². The highest BCUT2D eigenvalue weighted by Gasteiger charge is 2.09. The molecule has 0 aromatic heterocycles. The number of rotatable bonds is 5. The maximum atomic E-state index is 10.6. The van der Waals surface area contributed by atoms with Gasteiger partial charge in [0.1, 0.15) is 5.70 Å². The first-order valence-corrected chi connectivity index (χ1v) is 5.40. The Morgan fingerprint density at radius 3 is 2.71 bits per heavy atom. The number of carbonyl (C=O) groups is 1. The SMILES string of the molecule is COC1=CC=C(CN/C(C)=C(\N)C(=O)O)CC1. The number of nitrogens with two attached hydrogens (primary N) is 1. The molecule has 5 nitrogen and oxygen atoms in total. The molecule has 0 saturated heterocycles. The lowest BCUT2D eigenvalue weighted by atomic mass is 10.0. The molecule has 94 valence electrons. The fourth-order valence-electron chi connectivity index (χ4n) is 1.48. The van der Waals surface area contributed by atoms with Crippen LogP contribution in [0.4, 0.5) is 0 Å². The van der Waals surface area contributed by atoms with Gasteiger partial charge in [-0.3, -0.25) is 0 Å². The average molecular weight is 238 g/mol. The molecule has 0 unspecified atom stereocenters. The van der Waals surface area contributed by atoms with Gasteiger partial charge in [-0.15, -0.1) is 0 Å². The first-order chi connectivity index (χ1) is 8.04. The second-order valence-electron chi connectivity index (χ2n) is 3.86. The summed E-state index contributed by atoms with van der Waals surface area (Å²) < 4.78 is 5.12. The molecule has 5 heteroatoms. The van der Waals surface area contributed by atoms with Crippen molar-refractivity contribution in [2.24, 2.45) is 5.73 Å². The standard InChI is InChI=1S/C12H18N2O3/c1-8(11(13)12(15)16)14-7-9-3-5-10(17-2)6-4-9/h3,5,14H,4,6-7,13H2,1-2H3,(H,15,16)/b11-8-. The van der Waals surface area contributed by atoms with E-state index >= 15 is 0 Å². The molecule has 0 fully saturated rings. The first-order valence-electron chi connectivity index (χ1n) is 5.40. The summed E-state index contributed by atoms with van der Waals surface area (Å²) in [6.45, 7) is 2.26. The molecule has 17 heavy (non-hydrogen) atoms. The van der Waals surface area contributed by atoms with Gasteiger partial charge in [-0.05, 0) is 19.4 Å². The summed E-state index contributed by atoms with van der Waals surface area (Å²) in [6.07, 6.45) is 5.70. The summed E-state index contributed by atoms with van der Waals surface area (Å²) in [5.41, 5.74) is 6.93. The van der Waals surface area contributed by atoms with Gasteiger partial charge in [0.2, 0.25) is 0 Å². The third kappa shape index (κ3) is 3.86. The normalized spacial score (nSPS) is 16.6. The minimum absolute atomic E-state index is 0.144. The van der Waals surface area contributed by atoms with Crippen molar-refractivity contribution in [1.82, 2.24) is 5.32 Å². The molecule has 0 bridgehead atoms. The molecule has 0 aliphatic heterocycles. The van der Waals surface area contributed by atoms with Gasteiger partial charge in [0, 0.05) is 18.7 Å². The summed E-state index contributed by atoms with van der Waals surface area (Å²) in [5, 5.41) is 11.7. The molecule has 0 aromatic carbocycles. The number of allylic oxidation sites excluding steroid dienone is 4. The van der Waals surface area contributed by atoms with Crippen LogP contribution in [0.3, 0.4) is 0 Å². The van der Waals surface area contributed by atoms with Crippen molar-refractivity contribution in [1.29, 1.82) is 0 Å². The Labute approximate surface area is 101 Å². The largest absolute Gasteiger partial charge is 0.501 e. The molecular formula is C12H18N2O3. The van der Waals surface area contributed by atoms with Crippen LogP contribution in [0.1, 0.15) is 19.8 Å². The fourth-order valence-corrected chi connectivity index (χ4v) is 1.48. The molecule has 1 aliphatic carbocycles. The Morgan fingerprint density at radius 1 is 1.53 bits per heavy atom. The number of ether oxygens (including phenoxy) is 1. The van der Waals surface area contributed by atoms with Crippen molar-refractivity contribution < 1.29 is 14.6 Å². The first kappa shape index (κ1) is 13.2. The Bertz CT molecular complexity index is 395. The van der Waals surface area contributed by atoms with Gasteiger partial charge in [0.15, 0.2) is 0 Å². The van der Waals surface area contributed by atoms with E-state index in [1.807, 2.05) is 12.2 Å². The highest BCUT2D eigenvalue weighted by molar-refractivity contribution is 5.86. The van der Waals surface area contributed by atoms with Gasteiger partial charge >= 0.3 is 5.97 Å². The maximum Gasteiger partial charge on any atom is 0.353 e. The van der Waals surface area contributed by atoms with E-state index in [0.717, 1.165) is 18.6 Å². The number of nitrogens with one attached hydrogen (secondary N) is 1. The van der Waals surface area contributed by atoms with E-state index in [-0.39, 0.29) is 5.70 Å². The Kier molecular flexibility index (Phi) is 4.63. The molecule has 0 amide bonds. The van der Waals surface area contributed by atoms with Crippen LogP contribution < -0.4 is 11.1 Å². The fraction of sp³-hybridized carbons (Fsp3) is 0.417. The van der Waals surface area contributed by atoms with Crippen LogP contribution in [-0.4, -0.2) is 24.7 Å². The second kappa shape index (κ2) is 5.98. The Hall–Kier alpha value is -1.91. The molecule has 0 aromatic rings. The zero-order chi connectivity index (χ0) is 12.8. The van der Waals surface area contributed by atoms with Crippen LogP contribution in [0, 0.1) is 0 Å².